The minimum absolute atomic E-state index is 0.201. The smallest absolute Gasteiger partial charge is 0.264 e. The monoisotopic (exact) mass is 328 g/mol. The van der Waals surface area contributed by atoms with Crippen molar-refractivity contribution in [1.82, 2.24) is 5.32 Å². The molecule has 1 aromatic carbocycles. The molecule has 0 unspecified atom stereocenters. The largest absolute Gasteiger partial charge is 0.300 e. The van der Waals surface area contributed by atoms with Gasteiger partial charge in [-0.2, -0.15) is 0 Å². The van der Waals surface area contributed by atoms with Crippen LogP contribution in [0.2, 0.25) is 0 Å². The Morgan fingerprint density at radius 1 is 1.35 bits per heavy atom. The van der Waals surface area contributed by atoms with Gasteiger partial charge in [-0.1, -0.05) is 18.2 Å². The molecule has 1 saturated heterocycles. The molecule has 3 nitrogen and oxygen atoms in total. The average Bonchev–Trinajstić information content (AvgIpc) is 2.83. The first-order valence-corrected chi connectivity index (χ1v) is 8.22. The van der Waals surface area contributed by atoms with Crippen molar-refractivity contribution in [2.75, 3.05) is 0 Å². The summed E-state index contributed by atoms with van der Waals surface area (Å²) in [6, 6.07) is 5.91. The summed E-state index contributed by atoms with van der Waals surface area (Å²) < 4.78 is 13.4. The van der Waals surface area contributed by atoms with Gasteiger partial charge >= 0.3 is 0 Å². The number of amidine groups is 1. The topological polar surface area (TPSA) is 41.5 Å². The fraction of sp³-hybridized carbons (Fsp3) is 0.222. The number of nitrogens with zero attached hydrogens (tertiary/aromatic N) is 1. The van der Waals surface area contributed by atoms with Crippen LogP contribution in [0.1, 0.15) is 17.5 Å². The summed E-state index contributed by atoms with van der Waals surface area (Å²) in [5.41, 5.74) is 3.88. The second-order valence-electron chi connectivity index (χ2n) is 5.57. The molecule has 5 heteroatoms. The van der Waals surface area contributed by atoms with Crippen molar-refractivity contribution in [3.05, 3.63) is 64.1 Å². The van der Waals surface area contributed by atoms with E-state index < -0.39 is 6.17 Å². The van der Waals surface area contributed by atoms with Crippen molar-refractivity contribution in [3.8, 4) is 0 Å². The quantitative estimate of drug-likeness (QED) is 0.824. The molecule has 1 N–H and O–H groups in total. The van der Waals surface area contributed by atoms with E-state index >= 15 is 0 Å². The Morgan fingerprint density at radius 3 is 2.91 bits per heavy atom. The lowest BCUT2D eigenvalue weighted by Crippen LogP contribution is -2.19. The van der Waals surface area contributed by atoms with Gasteiger partial charge in [0, 0.05) is 6.42 Å². The highest BCUT2D eigenvalue weighted by atomic mass is 32.2. The summed E-state index contributed by atoms with van der Waals surface area (Å²) in [5.74, 6) is -0.201. The van der Waals surface area contributed by atoms with Gasteiger partial charge in [-0.05, 0) is 66.6 Å². The van der Waals surface area contributed by atoms with Crippen LogP contribution in [0.25, 0.3) is 0 Å². The Kier molecular flexibility index (Phi) is 4.48. The second-order valence-corrected chi connectivity index (χ2v) is 6.60. The maximum atomic E-state index is 13.4. The lowest BCUT2D eigenvalue weighted by Gasteiger charge is -2.06. The van der Waals surface area contributed by atoms with E-state index in [1.165, 1.54) is 23.4 Å². The number of carbonyl (C=O) groups excluding carboxylic acids is 1. The standard InChI is InChI=1S/C18H17FN2OS/c1-11-6-7-15(8-12(11)2)20-18-21-17(22)16(23-18)10-13-4-3-5-14(19)9-13/h3-4,6-10,14H,5H2,1-2H3,(H,20,21,22)/b16-10-/t14-/m0/s1. The van der Waals surface area contributed by atoms with Gasteiger partial charge in [0.15, 0.2) is 5.17 Å². The van der Waals surface area contributed by atoms with E-state index in [9.17, 15) is 9.18 Å². The Labute approximate surface area is 139 Å². The predicted octanol–water partition coefficient (Wildman–Crippen LogP) is 4.26. The summed E-state index contributed by atoms with van der Waals surface area (Å²) in [6.45, 7) is 4.07. The third-order valence-electron chi connectivity index (χ3n) is 3.71. The molecule has 1 atom stereocenters. The molecular weight excluding hydrogens is 311 g/mol. The van der Waals surface area contributed by atoms with Gasteiger partial charge in [-0.15, -0.1) is 0 Å². The van der Waals surface area contributed by atoms with E-state index in [-0.39, 0.29) is 5.91 Å². The number of aliphatic imine (C=N–C) groups is 1. The minimum Gasteiger partial charge on any atom is -0.300 e. The Hall–Kier alpha value is -2.14. The number of rotatable bonds is 2. The molecule has 1 aliphatic heterocycles. The van der Waals surface area contributed by atoms with Crippen LogP contribution < -0.4 is 5.32 Å². The molecule has 2 aliphatic rings. The SMILES string of the molecule is Cc1ccc(N=C2NC(=O)/C(=C/C3=C[C@@H](F)CC=C3)S2)cc1C. The van der Waals surface area contributed by atoms with Crippen LogP contribution in [0.5, 0.6) is 0 Å². The number of hydrogen-bond donors (Lipinski definition) is 1. The molecule has 0 saturated carbocycles. The van der Waals surface area contributed by atoms with E-state index in [0.29, 0.717) is 22.1 Å². The predicted molar refractivity (Wildman–Crippen MR) is 93.6 cm³/mol. The van der Waals surface area contributed by atoms with Gasteiger partial charge in [0.05, 0.1) is 10.6 Å². The number of alkyl halides is 1. The average molecular weight is 328 g/mol. The first kappa shape index (κ1) is 15.7. The third kappa shape index (κ3) is 3.79. The number of benzene rings is 1. The van der Waals surface area contributed by atoms with E-state index in [0.717, 1.165) is 11.3 Å². The lowest BCUT2D eigenvalue weighted by atomic mass is 10.1. The van der Waals surface area contributed by atoms with Crippen LogP contribution in [0.3, 0.4) is 0 Å². The van der Waals surface area contributed by atoms with E-state index in [1.54, 1.807) is 12.2 Å². The summed E-state index contributed by atoms with van der Waals surface area (Å²) >= 11 is 1.27. The molecule has 1 fully saturated rings. The van der Waals surface area contributed by atoms with Crippen molar-refractivity contribution >= 4 is 28.5 Å². The molecule has 118 valence electrons. The Morgan fingerprint density at radius 2 is 2.17 bits per heavy atom. The minimum atomic E-state index is -0.981. The molecule has 3 rings (SSSR count). The van der Waals surface area contributed by atoms with Crippen molar-refractivity contribution in [2.45, 2.75) is 26.4 Å². The van der Waals surface area contributed by atoms with Gasteiger partial charge in [-0.3, -0.25) is 4.79 Å². The molecule has 1 aromatic rings. The molecule has 1 aliphatic carbocycles. The van der Waals surface area contributed by atoms with Gasteiger partial charge < -0.3 is 5.32 Å². The van der Waals surface area contributed by atoms with Crippen molar-refractivity contribution < 1.29 is 9.18 Å². The van der Waals surface area contributed by atoms with Crippen LogP contribution in [0.4, 0.5) is 10.1 Å². The van der Waals surface area contributed by atoms with Gasteiger partial charge in [0.2, 0.25) is 0 Å². The maximum absolute atomic E-state index is 13.4. The van der Waals surface area contributed by atoms with Crippen LogP contribution in [0, 0.1) is 13.8 Å². The van der Waals surface area contributed by atoms with Crippen molar-refractivity contribution in [3.63, 3.8) is 0 Å². The fourth-order valence-electron chi connectivity index (χ4n) is 2.31. The molecule has 23 heavy (non-hydrogen) atoms. The normalized spacial score (nSPS) is 24.2. The van der Waals surface area contributed by atoms with Crippen molar-refractivity contribution in [2.24, 2.45) is 4.99 Å². The van der Waals surface area contributed by atoms with Crippen LogP contribution in [-0.2, 0) is 4.79 Å². The molecule has 0 aromatic heterocycles. The molecule has 1 heterocycles. The summed E-state index contributed by atoms with van der Waals surface area (Å²) in [6.07, 6.45) is 6.24. The number of hydrogen-bond acceptors (Lipinski definition) is 3. The number of amides is 1. The fourth-order valence-corrected chi connectivity index (χ4v) is 3.15. The molecule has 0 radical (unpaired) electrons. The highest BCUT2D eigenvalue weighted by molar-refractivity contribution is 8.18. The Bertz CT molecular complexity index is 777. The lowest BCUT2D eigenvalue weighted by molar-refractivity contribution is -0.115. The van der Waals surface area contributed by atoms with Crippen molar-refractivity contribution in [1.29, 1.82) is 0 Å². The number of nitrogens with one attached hydrogen (secondary N) is 1. The summed E-state index contributed by atoms with van der Waals surface area (Å²) in [7, 11) is 0. The number of carbonyl (C=O) groups is 1. The number of halogens is 1. The Balaban J connectivity index is 1.80. The van der Waals surface area contributed by atoms with Gasteiger partial charge in [0.25, 0.3) is 5.91 Å². The zero-order valence-electron chi connectivity index (χ0n) is 13.0. The highest BCUT2D eigenvalue weighted by Gasteiger charge is 2.24. The van der Waals surface area contributed by atoms with Gasteiger partial charge in [0.1, 0.15) is 6.17 Å². The first-order valence-electron chi connectivity index (χ1n) is 7.40. The van der Waals surface area contributed by atoms with E-state index in [2.05, 4.69) is 10.3 Å². The molecule has 0 spiro atoms. The number of thioether (sulfide) groups is 1. The number of aryl methyl sites for hydroxylation is 2. The molecular formula is C18H17FN2OS. The second kappa shape index (κ2) is 6.54. The first-order chi connectivity index (χ1) is 11.0. The maximum Gasteiger partial charge on any atom is 0.264 e. The molecule has 0 bridgehead atoms. The zero-order chi connectivity index (χ0) is 16.4. The van der Waals surface area contributed by atoms with Crippen LogP contribution in [-0.4, -0.2) is 17.2 Å². The van der Waals surface area contributed by atoms with Crippen LogP contribution >= 0.6 is 11.8 Å². The molecule has 1 amide bonds. The van der Waals surface area contributed by atoms with E-state index in [4.69, 9.17) is 0 Å². The zero-order valence-corrected chi connectivity index (χ0v) is 13.8. The summed E-state index contributed by atoms with van der Waals surface area (Å²) in [5, 5.41) is 3.29. The van der Waals surface area contributed by atoms with E-state index in [1.807, 2.05) is 38.1 Å². The number of allylic oxidation sites excluding steroid dienone is 5. The summed E-state index contributed by atoms with van der Waals surface area (Å²) in [4.78, 5) is 17.0. The third-order valence-corrected chi connectivity index (χ3v) is 4.62. The van der Waals surface area contributed by atoms with Gasteiger partial charge in [-0.25, -0.2) is 9.38 Å². The van der Waals surface area contributed by atoms with Crippen LogP contribution in [0.15, 0.2) is 58.0 Å². The highest BCUT2D eigenvalue weighted by Crippen LogP contribution is 2.29.